The third kappa shape index (κ3) is 7.25. The van der Waals surface area contributed by atoms with Gasteiger partial charge in [0.1, 0.15) is 5.78 Å². The molecule has 0 radical (unpaired) electrons. The average Bonchev–Trinajstić information content (AvgIpc) is 2.17. The van der Waals surface area contributed by atoms with E-state index in [1.807, 2.05) is 6.92 Å². The minimum atomic E-state index is -0.721. The lowest BCUT2D eigenvalue weighted by atomic mass is 10.2. The quantitative estimate of drug-likeness (QED) is 0.627. The van der Waals surface area contributed by atoms with Crippen LogP contribution in [0.1, 0.15) is 46.5 Å². The molecule has 14 heavy (non-hydrogen) atoms. The topological polar surface area (TPSA) is 34.1 Å². The Morgan fingerprint density at radius 1 is 1.36 bits per heavy atom. The van der Waals surface area contributed by atoms with Crippen molar-refractivity contribution >= 4 is 16.6 Å². The van der Waals surface area contributed by atoms with Crippen LogP contribution in [0.5, 0.6) is 0 Å². The molecule has 0 fully saturated rings. The average molecular weight is 218 g/mol. The molecule has 2 unspecified atom stereocenters. The van der Waals surface area contributed by atoms with E-state index in [0.29, 0.717) is 24.5 Å². The Bertz CT molecular complexity index is 190. The van der Waals surface area contributed by atoms with Gasteiger partial charge in [0.15, 0.2) is 0 Å². The molecule has 0 aromatic rings. The molecule has 0 aliphatic heterocycles. The lowest BCUT2D eigenvalue weighted by molar-refractivity contribution is -0.118. The molecule has 2 atom stereocenters. The molecule has 0 heterocycles. The maximum Gasteiger partial charge on any atom is 0.132 e. The number of Topliss-reactive ketones (excluding diaryl/α,β-unsaturated/α-hetero) is 1. The summed E-state index contributed by atoms with van der Waals surface area (Å²) in [6.45, 7) is 6.11. The van der Waals surface area contributed by atoms with Gasteiger partial charge in [-0.1, -0.05) is 27.2 Å². The summed E-state index contributed by atoms with van der Waals surface area (Å²) in [5.74, 6) is 2.30. The number of ketones is 1. The van der Waals surface area contributed by atoms with E-state index < -0.39 is 10.8 Å². The van der Waals surface area contributed by atoms with Crippen molar-refractivity contribution in [2.24, 2.45) is 5.92 Å². The van der Waals surface area contributed by atoms with E-state index in [1.165, 1.54) is 0 Å². The van der Waals surface area contributed by atoms with E-state index in [0.717, 1.165) is 18.6 Å². The molecule has 0 aromatic heterocycles. The smallest absolute Gasteiger partial charge is 0.132 e. The summed E-state index contributed by atoms with van der Waals surface area (Å²) < 4.78 is 11.5. The second-order valence-electron chi connectivity index (χ2n) is 3.82. The highest BCUT2D eigenvalue weighted by atomic mass is 32.2. The van der Waals surface area contributed by atoms with E-state index in [1.54, 1.807) is 0 Å². The minimum Gasteiger partial charge on any atom is -0.300 e. The monoisotopic (exact) mass is 218 g/mol. The van der Waals surface area contributed by atoms with Crippen molar-refractivity contribution in [1.29, 1.82) is 0 Å². The summed E-state index contributed by atoms with van der Waals surface area (Å²) in [6, 6.07) is 0. The van der Waals surface area contributed by atoms with E-state index in [2.05, 4.69) is 13.8 Å². The van der Waals surface area contributed by atoms with Crippen molar-refractivity contribution < 1.29 is 9.00 Å². The molecular formula is C11H22O2S. The molecule has 0 saturated carbocycles. The first-order chi connectivity index (χ1) is 6.60. The summed E-state index contributed by atoms with van der Waals surface area (Å²) in [4.78, 5) is 11.0. The van der Waals surface area contributed by atoms with Crippen LogP contribution in [-0.4, -0.2) is 21.5 Å². The van der Waals surface area contributed by atoms with Gasteiger partial charge < -0.3 is 0 Å². The third-order valence-electron chi connectivity index (χ3n) is 2.39. The number of rotatable bonds is 8. The fourth-order valence-electron chi connectivity index (χ4n) is 1.13. The third-order valence-corrected chi connectivity index (χ3v) is 4.07. The van der Waals surface area contributed by atoms with Crippen LogP contribution >= 0.6 is 0 Å². The molecule has 0 aliphatic rings. The standard InChI is InChI=1S/C11H22O2S/c1-4-10(3)9-14(13)8-6-7-11(12)5-2/h10H,4-9H2,1-3H3. The largest absolute Gasteiger partial charge is 0.300 e. The normalized spacial score (nSPS) is 15.1. The fourth-order valence-corrected chi connectivity index (χ4v) is 2.63. The molecule has 0 rings (SSSR count). The van der Waals surface area contributed by atoms with Crippen LogP contribution in [0.25, 0.3) is 0 Å². The van der Waals surface area contributed by atoms with Crippen molar-refractivity contribution in [2.45, 2.75) is 46.5 Å². The zero-order chi connectivity index (χ0) is 11.0. The summed E-state index contributed by atoms with van der Waals surface area (Å²) >= 11 is 0. The van der Waals surface area contributed by atoms with Crippen LogP contribution in [-0.2, 0) is 15.6 Å². The Hall–Kier alpha value is -0.180. The first-order valence-corrected chi connectivity index (χ1v) is 6.95. The van der Waals surface area contributed by atoms with E-state index in [-0.39, 0.29) is 5.78 Å². The Balaban J connectivity index is 3.49. The maximum atomic E-state index is 11.5. The van der Waals surface area contributed by atoms with Crippen LogP contribution in [0.15, 0.2) is 0 Å². The van der Waals surface area contributed by atoms with Gasteiger partial charge in [0.2, 0.25) is 0 Å². The number of carbonyl (C=O) groups is 1. The lowest BCUT2D eigenvalue weighted by Crippen LogP contribution is -2.10. The number of hydrogen-bond acceptors (Lipinski definition) is 2. The number of carbonyl (C=O) groups excluding carboxylic acids is 1. The minimum absolute atomic E-state index is 0.283. The summed E-state index contributed by atoms with van der Waals surface area (Å²) in [6.07, 6.45) is 3.08. The van der Waals surface area contributed by atoms with Crippen molar-refractivity contribution in [3.63, 3.8) is 0 Å². The van der Waals surface area contributed by atoms with Gasteiger partial charge in [0.05, 0.1) is 0 Å². The van der Waals surface area contributed by atoms with Gasteiger partial charge in [0, 0.05) is 35.1 Å². The molecule has 0 N–H and O–H groups in total. The van der Waals surface area contributed by atoms with Gasteiger partial charge in [-0.2, -0.15) is 0 Å². The summed E-state index contributed by atoms with van der Waals surface area (Å²) in [7, 11) is -0.721. The van der Waals surface area contributed by atoms with Crippen molar-refractivity contribution in [1.82, 2.24) is 0 Å². The van der Waals surface area contributed by atoms with Crippen LogP contribution in [0, 0.1) is 5.92 Å². The van der Waals surface area contributed by atoms with E-state index in [9.17, 15) is 9.00 Å². The predicted molar refractivity (Wildman–Crippen MR) is 61.9 cm³/mol. The zero-order valence-corrected chi connectivity index (χ0v) is 10.4. The van der Waals surface area contributed by atoms with Crippen molar-refractivity contribution in [3.05, 3.63) is 0 Å². The van der Waals surface area contributed by atoms with Gasteiger partial charge in [0.25, 0.3) is 0 Å². The Morgan fingerprint density at radius 2 is 2.00 bits per heavy atom. The number of hydrogen-bond donors (Lipinski definition) is 0. The van der Waals surface area contributed by atoms with Gasteiger partial charge in [-0.05, 0) is 12.3 Å². The SMILES string of the molecule is CCC(=O)CCCS(=O)CC(C)CC. The van der Waals surface area contributed by atoms with Gasteiger partial charge in [-0.3, -0.25) is 9.00 Å². The maximum absolute atomic E-state index is 11.5. The Labute approximate surface area is 89.9 Å². The van der Waals surface area contributed by atoms with Crippen LogP contribution in [0.2, 0.25) is 0 Å². The Kier molecular flexibility index (Phi) is 8.05. The molecule has 0 amide bonds. The van der Waals surface area contributed by atoms with Crippen LogP contribution < -0.4 is 0 Å². The highest BCUT2D eigenvalue weighted by molar-refractivity contribution is 7.84. The molecule has 2 nitrogen and oxygen atoms in total. The second kappa shape index (κ2) is 8.16. The Morgan fingerprint density at radius 3 is 2.50 bits per heavy atom. The van der Waals surface area contributed by atoms with Crippen molar-refractivity contribution in [2.75, 3.05) is 11.5 Å². The molecule has 0 spiro atoms. The van der Waals surface area contributed by atoms with Crippen LogP contribution in [0.4, 0.5) is 0 Å². The lowest BCUT2D eigenvalue weighted by Gasteiger charge is -2.07. The highest BCUT2D eigenvalue weighted by Gasteiger charge is 2.06. The fraction of sp³-hybridized carbons (Fsp3) is 0.909. The second-order valence-corrected chi connectivity index (χ2v) is 5.44. The highest BCUT2D eigenvalue weighted by Crippen LogP contribution is 2.05. The predicted octanol–water partition coefficient (Wildman–Crippen LogP) is 2.54. The molecule has 0 saturated heterocycles. The van der Waals surface area contributed by atoms with Gasteiger partial charge in [-0.25, -0.2) is 0 Å². The molecular weight excluding hydrogens is 196 g/mol. The van der Waals surface area contributed by atoms with E-state index in [4.69, 9.17) is 0 Å². The molecule has 3 heteroatoms. The molecule has 0 aromatic carbocycles. The van der Waals surface area contributed by atoms with Gasteiger partial charge in [-0.15, -0.1) is 0 Å². The van der Waals surface area contributed by atoms with Gasteiger partial charge >= 0.3 is 0 Å². The summed E-state index contributed by atoms with van der Waals surface area (Å²) in [5, 5.41) is 0. The summed E-state index contributed by atoms with van der Waals surface area (Å²) in [5.41, 5.74) is 0. The molecule has 0 bridgehead atoms. The molecule has 84 valence electrons. The first kappa shape index (κ1) is 13.8. The zero-order valence-electron chi connectivity index (χ0n) is 9.54. The van der Waals surface area contributed by atoms with Crippen molar-refractivity contribution in [3.8, 4) is 0 Å². The van der Waals surface area contributed by atoms with Crippen LogP contribution in [0.3, 0.4) is 0 Å². The van der Waals surface area contributed by atoms with E-state index >= 15 is 0 Å². The molecule has 0 aliphatic carbocycles. The first-order valence-electron chi connectivity index (χ1n) is 5.46.